The van der Waals surface area contributed by atoms with E-state index in [4.69, 9.17) is 9.47 Å². The number of hydrogen-bond acceptors (Lipinski definition) is 3. The summed E-state index contributed by atoms with van der Waals surface area (Å²) in [7, 11) is 1.61. The third kappa shape index (κ3) is 2.10. The fraction of sp³-hybridized carbons (Fsp3) is 0.267. The van der Waals surface area contributed by atoms with Crippen molar-refractivity contribution in [3.05, 3.63) is 39.1 Å². The number of ether oxygens (including phenoxy) is 2. The van der Waals surface area contributed by atoms with Crippen molar-refractivity contribution in [2.24, 2.45) is 0 Å². The Morgan fingerprint density at radius 2 is 2.21 bits per heavy atom. The van der Waals surface area contributed by atoms with Gasteiger partial charge in [0.15, 0.2) is 11.5 Å². The van der Waals surface area contributed by atoms with Gasteiger partial charge in [-0.15, -0.1) is 0 Å². The van der Waals surface area contributed by atoms with Crippen LogP contribution in [0.1, 0.15) is 24.8 Å². The number of benzene rings is 1. The van der Waals surface area contributed by atoms with Crippen molar-refractivity contribution in [2.45, 2.75) is 19.3 Å². The predicted octanol–water partition coefficient (Wildman–Crippen LogP) is 3.87. The summed E-state index contributed by atoms with van der Waals surface area (Å²) in [6.07, 6.45) is 5.71. The van der Waals surface area contributed by atoms with Crippen LogP contribution in [0.25, 0.3) is 6.08 Å². The number of aldehydes is 1. The van der Waals surface area contributed by atoms with Crippen LogP contribution < -0.4 is 9.47 Å². The molecule has 0 spiro atoms. The van der Waals surface area contributed by atoms with E-state index in [0.717, 1.165) is 52.5 Å². The Hall–Kier alpha value is -1.55. The van der Waals surface area contributed by atoms with Crippen molar-refractivity contribution in [1.29, 1.82) is 0 Å². The lowest BCUT2D eigenvalue weighted by atomic mass is 9.90. The van der Waals surface area contributed by atoms with Gasteiger partial charge in [-0.3, -0.25) is 4.79 Å². The molecule has 3 nitrogen and oxygen atoms in total. The van der Waals surface area contributed by atoms with Crippen LogP contribution in [0.5, 0.6) is 11.5 Å². The zero-order valence-electron chi connectivity index (χ0n) is 10.5. The van der Waals surface area contributed by atoms with Gasteiger partial charge in [-0.25, -0.2) is 0 Å². The lowest BCUT2D eigenvalue weighted by molar-refractivity contribution is -0.105. The molecule has 0 N–H and O–H groups in total. The minimum atomic E-state index is 0.669. The van der Waals surface area contributed by atoms with Crippen LogP contribution in [-0.2, 0) is 4.79 Å². The molecule has 1 aliphatic heterocycles. The molecule has 0 fully saturated rings. The van der Waals surface area contributed by atoms with Crippen molar-refractivity contribution >= 4 is 28.3 Å². The molecule has 0 bridgehead atoms. The van der Waals surface area contributed by atoms with Crippen molar-refractivity contribution < 1.29 is 14.3 Å². The highest BCUT2D eigenvalue weighted by molar-refractivity contribution is 9.10. The Morgan fingerprint density at radius 1 is 1.37 bits per heavy atom. The number of halogens is 1. The zero-order chi connectivity index (χ0) is 13.4. The first-order chi connectivity index (χ1) is 9.22. The number of methoxy groups -OCH3 is 1. The fourth-order valence-electron chi connectivity index (χ4n) is 2.53. The number of carbonyl (C=O) groups is 1. The third-order valence-corrected chi connectivity index (χ3v) is 3.88. The molecule has 4 heteroatoms. The van der Waals surface area contributed by atoms with Crippen molar-refractivity contribution in [3.63, 3.8) is 0 Å². The number of fused-ring (bicyclic) bond motifs is 2. The van der Waals surface area contributed by atoms with E-state index in [1.807, 2.05) is 12.1 Å². The van der Waals surface area contributed by atoms with Gasteiger partial charge in [0.05, 0.1) is 7.11 Å². The predicted molar refractivity (Wildman–Crippen MR) is 76.2 cm³/mol. The zero-order valence-corrected chi connectivity index (χ0v) is 12.1. The van der Waals surface area contributed by atoms with E-state index >= 15 is 0 Å². The van der Waals surface area contributed by atoms with E-state index < -0.39 is 0 Å². The summed E-state index contributed by atoms with van der Waals surface area (Å²) in [5.41, 5.74) is 2.83. The van der Waals surface area contributed by atoms with Gasteiger partial charge in [-0.2, -0.15) is 0 Å². The largest absolute Gasteiger partial charge is 0.493 e. The van der Waals surface area contributed by atoms with Crippen LogP contribution >= 0.6 is 15.9 Å². The van der Waals surface area contributed by atoms with Gasteiger partial charge in [-0.05, 0) is 43.0 Å². The third-order valence-electron chi connectivity index (χ3n) is 3.42. The monoisotopic (exact) mass is 320 g/mol. The van der Waals surface area contributed by atoms with Gasteiger partial charge in [-0.1, -0.05) is 15.9 Å². The Balaban J connectivity index is 2.19. The highest BCUT2D eigenvalue weighted by atomic mass is 79.9. The smallest absolute Gasteiger partial charge is 0.176 e. The molecule has 0 radical (unpaired) electrons. The summed E-state index contributed by atoms with van der Waals surface area (Å²) in [5, 5.41) is 0. The van der Waals surface area contributed by atoms with E-state index in [1.165, 1.54) is 0 Å². The van der Waals surface area contributed by atoms with Gasteiger partial charge in [0.25, 0.3) is 0 Å². The second kappa shape index (κ2) is 4.85. The lowest BCUT2D eigenvalue weighted by Crippen LogP contribution is -2.14. The summed E-state index contributed by atoms with van der Waals surface area (Å²) in [6.45, 7) is 0. The second-order valence-corrected chi connectivity index (χ2v) is 5.54. The van der Waals surface area contributed by atoms with Crippen LogP contribution in [0.3, 0.4) is 0 Å². The van der Waals surface area contributed by atoms with Crippen molar-refractivity contribution in [1.82, 2.24) is 0 Å². The van der Waals surface area contributed by atoms with E-state index in [-0.39, 0.29) is 0 Å². The molecule has 3 rings (SSSR count). The quantitative estimate of drug-likeness (QED) is 0.776. The van der Waals surface area contributed by atoms with Gasteiger partial charge >= 0.3 is 0 Å². The highest BCUT2D eigenvalue weighted by Crippen LogP contribution is 2.44. The molecule has 0 amide bonds. The second-order valence-electron chi connectivity index (χ2n) is 4.62. The molecular formula is C15H13BrO3. The van der Waals surface area contributed by atoms with E-state index in [1.54, 1.807) is 7.11 Å². The molecule has 0 unspecified atom stereocenters. The maximum atomic E-state index is 11.1. The Bertz CT molecular complexity index is 614. The summed E-state index contributed by atoms with van der Waals surface area (Å²) in [5.74, 6) is 2.07. The molecule has 19 heavy (non-hydrogen) atoms. The summed E-state index contributed by atoms with van der Waals surface area (Å²) < 4.78 is 12.2. The average molecular weight is 321 g/mol. The van der Waals surface area contributed by atoms with Crippen molar-refractivity contribution in [3.8, 4) is 11.5 Å². The molecule has 1 aromatic carbocycles. The highest BCUT2D eigenvalue weighted by Gasteiger charge is 2.26. The Labute approximate surface area is 120 Å². The normalized spacial score (nSPS) is 17.1. The number of hydrogen-bond donors (Lipinski definition) is 0. The van der Waals surface area contributed by atoms with Gasteiger partial charge in [0.1, 0.15) is 12.0 Å². The lowest BCUT2D eigenvalue weighted by Gasteiger charge is -2.26. The minimum absolute atomic E-state index is 0.669. The van der Waals surface area contributed by atoms with E-state index in [0.29, 0.717) is 11.5 Å². The average Bonchev–Trinajstić information content (AvgIpc) is 2.43. The Morgan fingerprint density at radius 3 is 2.95 bits per heavy atom. The fourth-order valence-corrected chi connectivity index (χ4v) is 2.99. The number of allylic oxidation sites excluding steroid dienone is 2. The first kappa shape index (κ1) is 12.5. The van der Waals surface area contributed by atoms with Gasteiger partial charge in [0.2, 0.25) is 0 Å². The van der Waals surface area contributed by atoms with Crippen LogP contribution in [0.15, 0.2) is 33.5 Å². The van der Waals surface area contributed by atoms with Crippen LogP contribution in [0, 0.1) is 0 Å². The summed E-state index contributed by atoms with van der Waals surface area (Å²) >= 11 is 3.46. The summed E-state index contributed by atoms with van der Waals surface area (Å²) in [4.78, 5) is 11.1. The minimum Gasteiger partial charge on any atom is -0.493 e. The van der Waals surface area contributed by atoms with Crippen LogP contribution in [-0.4, -0.2) is 13.4 Å². The van der Waals surface area contributed by atoms with E-state index in [9.17, 15) is 4.79 Å². The van der Waals surface area contributed by atoms with Crippen LogP contribution in [0.2, 0.25) is 0 Å². The topological polar surface area (TPSA) is 35.5 Å². The van der Waals surface area contributed by atoms with Crippen LogP contribution in [0.4, 0.5) is 0 Å². The molecule has 1 heterocycles. The number of carbonyl (C=O) groups excluding carboxylic acids is 1. The van der Waals surface area contributed by atoms with Crippen molar-refractivity contribution in [2.75, 3.05) is 7.11 Å². The first-order valence-electron chi connectivity index (χ1n) is 6.17. The molecule has 0 atom stereocenters. The molecule has 0 saturated heterocycles. The molecule has 1 aromatic rings. The molecule has 2 aliphatic rings. The maximum Gasteiger partial charge on any atom is 0.176 e. The molecule has 0 saturated carbocycles. The molecule has 1 aliphatic carbocycles. The SMILES string of the molecule is COc1cc(Br)cc2c1OC1=C(C=O)CCCC1=C2. The maximum absolute atomic E-state index is 11.1. The van der Waals surface area contributed by atoms with E-state index in [2.05, 4.69) is 22.0 Å². The van der Waals surface area contributed by atoms with Gasteiger partial charge < -0.3 is 9.47 Å². The standard InChI is InChI=1S/C15H13BrO3/c1-18-13-7-12(16)6-11-5-9-3-2-4-10(8-17)14(9)19-15(11)13/h5-8H,2-4H2,1H3. The van der Waals surface area contributed by atoms with Gasteiger partial charge in [0, 0.05) is 15.6 Å². The molecular weight excluding hydrogens is 308 g/mol. The molecule has 0 aromatic heterocycles. The molecule has 98 valence electrons. The number of rotatable bonds is 2. The first-order valence-corrected chi connectivity index (χ1v) is 6.97. The summed E-state index contributed by atoms with van der Waals surface area (Å²) in [6, 6.07) is 3.86. The Kier molecular flexibility index (Phi) is 3.19.